The third-order valence-electron chi connectivity index (χ3n) is 8.88. The van der Waals surface area contributed by atoms with E-state index in [1.54, 1.807) is 0 Å². The number of fused-ring (bicyclic) bond motifs is 1. The number of rotatable bonds is 10. The van der Waals surface area contributed by atoms with E-state index in [4.69, 9.17) is 35.3 Å². The van der Waals surface area contributed by atoms with E-state index in [9.17, 15) is 9.90 Å². The molecule has 0 radical (unpaired) electrons. The topological polar surface area (TPSA) is 86.7 Å². The molecule has 3 heterocycles. The number of hydrogen-bond donors (Lipinski definition) is 1. The first kappa shape index (κ1) is 30.6. The summed E-state index contributed by atoms with van der Waals surface area (Å²) >= 11 is 6.81. The lowest BCUT2D eigenvalue weighted by molar-refractivity contribution is -0.144. The Morgan fingerprint density at radius 2 is 1.75 bits per heavy atom. The molecule has 8 nitrogen and oxygen atoms in total. The third kappa shape index (κ3) is 7.09. The molecule has 0 amide bonds. The van der Waals surface area contributed by atoms with Crippen molar-refractivity contribution in [3.05, 3.63) is 70.2 Å². The average molecular weight is 622 g/mol. The van der Waals surface area contributed by atoms with E-state index >= 15 is 0 Å². The molecule has 3 aromatic carbocycles. The molecule has 6 rings (SSSR count). The van der Waals surface area contributed by atoms with Crippen LogP contribution in [-0.4, -0.2) is 61.6 Å². The molecule has 2 fully saturated rings. The van der Waals surface area contributed by atoms with Gasteiger partial charge in [-0.05, 0) is 85.5 Å². The quantitative estimate of drug-likeness (QED) is 0.261. The van der Waals surface area contributed by atoms with Crippen molar-refractivity contribution in [1.82, 2.24) is 4.90 Å². The van der Waals surface area contributed by atoms with Crippen LogP contribution in [0.3, 0.4) is 0 Å². The lowest BCUT2D eigenvalue weighted by Crippen LogP contribution is -2.44. The van der Waals surface area contributed by atoms with Crippen molar-refractivity contribution >= 4 is 17.6 Å². The van der Waals surface area contributed by atoms with Crippen LogP contribution in [0.15, 0.2) is 48.5 Å². The minimum absolute atomic E-state index is 0.329. The predicted molar refractivity (Wildman–Crippen MR) is 168 cm³/mol. The predicted octanol–water partition coefficient (Wildman–Crippen LogP) is 6.91. The maximum absolute atomic E-state index is 12.0. The van der Waals surface area contributed by atoms with Gasteiger partial charge in [0.15, 0.2) is 11.5 Å². The van der Waals surface area contributed by atoms with Gasteiger partial charge >= 0.3 is 5.97 Å². The highest BCUT2D eigenvalue weighted by Gasteiger charge is 2.29. The zero-order valence-corrected chi connectivity index (χ0v) is 25.9. The van der Waals surface area contributed by atoms with E-state index in [1.807, 2.05) is 35.2 Å². The second-order valence-electron chi connectivity index (χ2n) is 11.8. The van der Waals surface area contributed by atoms with Crippen LogP contribution < -0.4 is 18.9 Å². The van der Waals surface area contributed by atoms with Gasteiger partial charge in [0.05, 0.1) is 11.6 Å². The van der Waals surface area contributed by atoms with Gasteiger partial charge in [0.2, 0.25) is 0 Å². The Balaban J connectivity index is 1.22. The highest BCUT2D eigenvalue weighted by atomic mass is 35.5. The normalized spacial score (nSPS) is 19.0. The van der Waals surface area contributed by atoms with Gasteiger partial charge < -0.3 is 28.8 Å². The van der Waals surface area contributed by atoms with Crippen LogP contribution in [0, 0.1) is 12.8 Å². The van der Waals surface area contributed by atoms with Gasteiger partial charge in [-0.3, -0.25) is 9.69 Å². The summed E-state index contributed by atoms with van der Waals surface area (Å²) in [5.41, 5.74) is 5.17. The van der Waals surface area contributed by atoms with Crippen LogP contribution in [0.2, 0.25) is 5.02 Å². The van der Waals surface area contributed by atoms with Gasteiger partial charge in [-0.2, -0.15) is 0 Å². The number of halogens is 1. The second kappa shape index (κ2) is 14.1. The molecule has 3 aliphatic rings. The Kier molecular flexibility index (Phi) is 9.79. The Morgan fingerprint density at radius 1 is 0.932 bits per heavy atom. The van der Waals surface area contributed by atoms with E-state index in [-0.39, 0.29) is 0 Å². The Morgan fingerprint density at radius 3 is 2.57 bits per heavy atom. The molecular formula is C35H40ClNO7. The molecule has 3 aromatic rings. The number of hydrogen-bond acceptors (Lipinski definition) is 7. The highest BCUT2D eigenvalue weighted by Crippen LogP contribution is 2.38. The lowest BCUT2D eigenvalue weighted by Gasteiger charge is -2.33. The molecule has 0 aromatic heterocycles. The minimum atomic E-state index is -0.783. The van der Waals surface area contributed by atoms with E-state index in [1.165, 1.54) is 0 Å². The van der Waals surface area contributed by atoms with Crippen molar-refractivity contribution in [2.45, 2.75) is 58.2 Å². The van der Waals surface area contributed by atoms with Crippen LogP contribution in [0.5, 0.6) is 23.0 Å². The molecule has 2 saturated heterocycles. The molecule has 0 aliphatic carbocycles. The van der Waals surface area contributed by atoms with Crippen molar-refractivity contribution < 1.29 is 33.6 Å². The van der Waals surface area contributed by atoms with Gasteiger partial charge in [0.25, 0.3) is 0 Å². The fourth-order valence-electron chi connectivity index (χ4n) is 6.26. The molecule has 0 bridgehead atoms. The summed E-state index contributed by atoms with van der Waals surface area (Å²) in [6.45, 7) is 6.76. The van der Waals surface area contributed by atoms with Crippen molar-refractivity contribution in [2.24, 2.45) is 5.92 Å². The van der Waals surface area contributed by atoms with Crippen LogP contribution >= 0.6 is 11.6 Å². The van der Waals surface area contributed by atoms with Crippen molar-refractivity contribution in [3.8, 4) is 34.1 Å². The second-order valence-corrected chi connectivity index (χ2v) is 12.2. The maximum atomic E-state index is 12.0. The third-order valence-corrected chi connectivity index (χ3v) is 9.18. The number of likely N-dealkylation sites (tertiary alicyclic amines) is 1. The standard InChI is InChI=1S/C35H40ClNO7/c1-23-26(5-4-6-28(23)25-8-9-31-34(18-25)42-16-15-41-31)22-44-33-19-32(43-21-24-10-13-40-14-11-24)27(17-29(33)36)20-37-12-3-2-7-30(37)35(38)39/h4-6,8-9,17-19,24,30H,2-3,7,10-16,20-22H2,1H3,(H,38,39)/t30-/m0/s1. The Labute approximate surface area is 263 Å². The summed E-state index contributed by atoms with van der Waals surface area (Å²) in [6.07, 6.45) is 4.45. The highest BCUT2D eigenvalue weighted by molar-refractivity contribution is 6.32. The van der Waals surface area contributed by atoms with E-state index < -0.39 is 12.0 Å². The van der Waals surface area contributed by atoms with Crippen molar-refractivity contribution in [3.63, 3.8) is 0 Å². The Bertz CT molecular complexity index is 1470. The van der Waals surface area contributed by atoms with E-state index in [0.717, 1.165) is 84.8 Å². The van der Waals surface area contributed by atoms with Crippen molar-refractivity contribution in [1.29, 1.82) is 0 Å². The number of ether oxygens (including phenoxy) is 5. The number of piperidine rings is 1. The fraction of sp³-hybridized carbons (Fsp3) is 0.457. The molecular weight excluding hydrogens is 582 g/mol. The average Bonchev–Trinajstić information content (AvgIpc) is 3.05. The zero-order chi connectivity index (χ0) is 30.5. The largest absolute Gasteiger partial charge is 0.493 e. The number of carboxylic acids is 1. The monoisotopic (exact) mass is 621 g/mol. The first-order chi connectivity index (χ1) is 21.5. The van der Waals surface area contributed by atoms with Crippen LogP contribution in [-0.2, 0) is 22.7 Å². The summed E-state index contributed by atoms with van der Waals surface area (Å²) < 4.78 is 29.8. The van der Waals surface area contributed by atoms with Crippen molar-refractivity contribution in [2.75, 3.05) is 39.6 Å². The van der Waals surface area contributed by atoms with Gasteiger partial charge in [0, 0.05) is 31.4 Å². The fourth-order valence-corrected chi connectivity index (χ4v) is 6.50. The number of aliphatic carboxylic acids is 1. The van der Waals surface area contributed by atoms with Gasteiger partial charge in [-0.25, -0.2) is 0 Å². The number of nitrogens with zero attached hydrogens (tertiary/aromatic N) is 1. The van der Waals surface area contributed by atoms with Gasteiger partial charge in [-0.15, -0.1) is 0 Å². The maximum Gasteiger partial charge on any atom is 0.320 e. The first-order valence-corrected chi connectivity index (χ1v) is 15.9. The van der Waals surface area contributed by atoms with Crippen LogP contribution in [0.1, 0.15) is 48.8 Å². The molecule has 0 spiro atoms. The van der Waals surface area contributed by atoms with Crippen LogP contribution in [0.4, 0.5) is 0 Å². The summed E-state index contributed by atoms with van der Waals surface area (Å²) in [6, 6.07) is 15.5. The van der Waals surface area contributed by atoms with Gasteiger partial charge in [0.1, 0.15) is 37.4 Å². The molecule has 234 valence electrons. The molecule has 3 aliphatic heterocycles. The smallest absolute Gasteiger partial charge is 0.320 e. The lowest BCUT2D eigenvalue weighted by atomic mass is 9.96. The molecule has 1 atom stereocenters. The van der Waals surface area contributed by atoms with Crippen LogP contribution in [0.25, 0.3) is 11.1 Å². The number of benzene rings is 3. The van der Waals surface area contributed by atoms with Gasteiger partial charge in [-0.1, -0.05) is 42.3 Å². The minimum Gasteiger partial charge on any atom is -0.493 e. The molecule has 0 unspecified atom stereocenters. The van der Waals surface area contributed by atoms with E-state index in [0.29, 0.717) is 61.8 Å². The molecule has 9 heteroatoms. The molecule has 44 heavy (non-hydrogen) atoms. The summed E-state index contributed by atoms with van der Waals surface area (Å²) in [7, 11) is 0. The molecule has 1 N–H and O–H groups in total. The first-order valence-electron chi connectivity index (χ1n) is 15.6. The Hall–Kier alpha value is -3.46. The zero-order valence-electron chi connectivity index (χ0n) is 25.2. The van der Waals surface area contributed by atoms with E-state index in [2.05, 4.69) is 25.1 Å². The SMILES string of the molecule is Cc1c(COc2cc(OCC3CCOCC3)c(CN3CCCC[C@H]3C(=O)O)cc2Cl)cccc1-c1ccc2c(c1)OCCO2. The summed E-state index contributed by atoms with van der Waals surface area (Å²) in [5, 5.41) is 10.3. The number of carbonyl (C=O) groups is 1. The summed E-state index contributed by atoms with van der Waals surface area (Å²) in [4.78, 5) is 14.0. The summed E-state index contributed by atoms with van der Waals surface area (Å²) in [5.74, 6) is 2.37. The number of carboxylic acid groups (broad SMARTS) is 1. The molecule has 0 saturated carbocycles.